The third-order valence-electron chi connectivity index (χ3n) is 3.31. The average Bonchev–Trinajstić information content (AvgIpc) is 3.17. The maximum Gasteiger partial charge on any atom is 0.266 e. The second-order valence-electron chi connectivity index (χ2n) is 4.99. The Balaban J connectivity index is 1.63. The lowest BCUT2D eigenvalue weighted by Crippen LogP contribution is -2.31. The number of thioether (sulfide) groups is 1. The molecule has 1 aliphatic rings. The van der Waals surface area contributed by atoms with Crippen LogP contribution in [0.4, 0.5) is 5.13 Å². The molecule has 5 nitrogen and oxygen atoms in total. The number of carbonyl (C=O) groups excluding carboxylic acids is 2. The average molecular weight is 410 g/mol. The Morgan fingerprint density at radius 3 is 2.92 bits per heavy atom. The third-order valence-corrected chi connectivity index (χ3v) is 5.72. The first-order valence-electron chi connectivity index (χ1n) is 7.24. The largest absolute Gasteiger partial charge is 0.302 e. The van der Waals surface area contributed by atoms with Crippen molar-refractivity contribution in [1.29, 1.82) is 0 Å². The van der Waals surface area contributed by atoms with Gasteiger partial charge in [-0.3, -0.25) is 14.5 Å². The Morgan fingerprint density at radius 2 is 2.20 bits per heavy atom. The van der Waals surface area contributed by atoms with Crippen LogP contribution in [0.2, 0.25) is 5.02 Å². The Morgan fingerprint density at radius 1 is 1.40 bits per heavy atom. The van der Waals surface area contributed by atoms with Gasteiger partial charge in [0.1, 0.15) is 4.32 Å². The summed E-state index contributed by atoms with van der Waals surface area (Å²) in [6.45, 7) is 0.224. The van der Waals surface area contributed by atoms with Gasteiger partial charge in [-0.2, -0.15) is 0 Å². The van der Waals surface area contributed by atoms with Crippen LogP contribution in [0.1, 0.15) is 12.0 Å². The van der Waals surface area contributed by atoms with E-state index in [-0.39, 0.29) is 24.8 Å². The van der Waals surface area contributed by atoms with Crippen LogP contribution in [0.25, 0.3) is 6.08 Å². The molecular weight excluding hydrogens is 398 g/mol. The minimum Gasteiger partial charge on any atom is -0.302 e. The molecule has 1 aromatic carbocycles. The zero-order valence-corrected chi connectivity index (χ0v) is 16.0. The van der Waals surface area contributed by atoms with Crippen LogP contribution >= 0.6 is 46.9 Å². The van der Waals surface area contributed by atoms with E-state index < -0.39 is 0 Å². The van der Waals surface area contributed by atoms with Crippen LogP contribution in [0, 0.1) is 0 Å². The van der Waals surface area contributed by atoms with Gasteiger partial charge < -0.3 is 5.32 Å². The van der Waals surface area contributed by atoms with E-state index in [4.69, 9.17) is 23.8 Å². The smallest absolute Gasteiger partial charge is 0.266 e. The monoisotopic (exact) mass is 409 g/mol. The summed E-state index contributed by atoms with van der Waals surface area (Å²) in [4.78, 5) is 30.4. The first-order valence-corrected chi connectivity index (χ1v) is 9.72. The van der Waals surface area contributed by atoms with Crippen molar-refractivity contribution in [1.82, 2.24) is 9.88 Å². The Labute approximate surface area is 163 Å². The number of rotatable bonds is 5. The van der Waals surface area contributed by atoms with Gasteiger partial charge in [-0.05, 0) is 17.7 Å². The summed E-state index contributed by atoms with van der Waals surface area (Å²) < 4.78 is 0.436. The first-order chi connectivity index (χ1) is 12.0. The van der Waals surface area contributed by atoms with Crippen molar-refractivity contribution in [3.05, 3.63) is 51.3 Å². The summed E-state index contributed by atoms with van der Waals surface area (Å²) in [7, 11) is 0. The minimum absolute atomic E-state index is 0.144. The molecule has 0 spiro atoms. The maximum atomic E-state index is 12.5. The van der Waals surface area contributed by atoms with Crippen molar-refractivity contribution >= 4 is 74.3 Å². The molecule has 1 saturated heterocycles. The van der Waals surface area contributed by atoms with Crippen molar-refractivity contribution in [2.45, 2.75) is 6.42 Å². The van der Waals surface area contributed by atoms with E-state index in [9.17, 15) is 9.59 Å². The number of benzene rings is 1. The highest BCUT2D eigenvalue weighted by Gasteiger charge is 2.32. The Kier molecular flexibility index (Phi) is 5.85. The molecule has 2 heterocycles. The molecule has 0 atom stereocenters. The molecule has 128 valence electrons. The number of hydrogen-bond donors (Lipinski definition) is 1. The minimum atomic E-state index is -0.211. The van der Waals surface area contributed by atoms with Gasteiger partial charge in [0.2, 0.25) is 5.91 Å². The number of nitrogens with one attached hydrogen (secondary N) is 1. The molecule has 9 heteroatoms. The highest BCUT2D eigenvalue weighted by molar-refractivity contribution is 8.26. The van der Waals surface area contributed by atoms with Crippen molar-refractivity contribution in [2.24, 2.45) is 0 Å². The number of anilines is 1. The van der Waals surface area contributed by atoms with Gasteiger partial charge in [-0.1, -0.05) is 53.8 Å². The molecule has 2 aromatic rings. The predicted molar refractivity (Wildman–Crippen MR) is 107 cm³/mol. The first kappa shape index (κ1) is 18.1. The highest BCUT2D eigenvalue weighted by Crippen LogP contribution is 2.33. The molecule has 0 radical (unpaired) electrons. The van der Waals surface area contributed by atoms with E-state index in [1.54, 1.807) is 23.7 Å². The van der Waals surface area contributed by atoms with Gasteiger partial charge in [0.05, 0.1) is 4.91 Å². The Bertz CT molecular complexity index is 852. The summed E-state index contributed by atoms with van der Waals surface area (Å²) >= 11 is 13.9. The molecule has 25 heavy (non-hydrogen) atoms. The SMILES string of the molecule is O=C(CCN1C(=O)C(=Cc2ccccc2Cl)SC1=S)Nc1nccs1. The standard InChI is InChI=1S/C16H12ClN3O2S3/c17-11-4-2-1-3-10(11)9-12-14(22)20(16(23)25-12)7-5-13(21)19-15-18-6-8-24-15/h1-4,6,8-9H,5,7H2,(H,18,19,21). The fourth-order valence-corrected chi connectivity index (χ4v) is 4.14. The van der Waals surface area contributed by atoms with E-state index in [1.807, 2.05) is 18.2 Å². The third kappa shape index (κ3) is 4.46. The number of thiazole rings is 1. The molecule has 3 rings (SSSR count). The van der Waals surface area contributed by atoms with Crippen molar-refractivity contribution < 1.29 is 9.59 Å². The van der Waals surface area contributed by atoms with E-state index in [1.165, 1.54) is 28.0 Å². The van der Waals surface area contributed by atoms with E-state index >= 15 is 0 Å². The van der Waals surface area contributed by atoms with Crippen LogP contribution in [0.3, 0.4) is 0 Å². The topological polar surface area (TPSA) is 62.3 Å². The number of hydrogen-bond acceptors (Lipinski definition) is 6. The van der Waals surface area contributed by atoms with E-state index in [0.29, 0.717) is 19.4 Å². The lowest BCUT2D eigenvalue weighted by molar-refractivity contribution is -0.122. The predicted octanol–water partition coefficient (Wildman–Crippen LogP) is 4.03. The summed E-state index contributed by atoms with van der Waals surface area (Å²) in [5.74, 6) is -0.420. The van der Waals surface area contributed by atoms with Crippen molar-refractivity contribution in [3.63, 3.8) is 0 Å². The van der Waals surface area contributed by atoms with Crippen LogP contribution in [0.5, 0.6) is 0 Å². The highest BCUT2D eigenvalue weighted by atomic mass is 35.5. The van der Waals surface area contributed by atoms with Gasteiger partial charge >= 0.3 is 0 Å². The van der Waals surface area contributed by atoms with Gasteiger partial charge in [0.25, 0.3) is 5.91 Å². The van der Waals surface area contributed by atoms with Gasteiger partial charge in [-0.15, -0.1) is 11.3 Å². The molecule has 0 aliphatic carbocycles. The number of carbonyl (C=O) groups is 2. The van der Waals surface area contributed by atoms with Crippen molar-refractivity contribution in [3.8, 4) is 0 Å². The van der Waals surface area contributed by atoms with Crippen molar-refractivity contribution in [2.75, 3.05) is 11.9 Å². The lowest BCUT2D eigenvalue weighted by Gasteiger charge is -2.13. The molecule has 1 aromatic heterocycles. The van der Waals surface area contributed by atoms with Gasteiger partial charge in [-0.25, -0.2) is 4.98 Å². The van der Waals surface area contributed by atoms with Crippen LogP contribution in [0.15, 0.2) is 40.7 Å². The molecule has 2 amide bonds. The van der Waals surface area contributed by atoms with Crippen LogP contribution in [-0.2, 0) is 9.59 Å². The summed E-state index contributed by atoms with van der Waals surface area (Å²) in [6, 6.07) is 7.26. The summed E-state index contributed by atoms with van der Waals surface area (Å²) in [5.41, 5.74) is 0.756. The number of halogens is 1. The number of amides is 2. The fourth-order valence-electron chi connectivity index (χ4n) is 2.11. The molecule has 1 N–H and O–H groups in total. The number of thiocarbonyl (C=S) groups is 1. The van der Waals surface area contributed by atoms with E-state index in [0.717, 1.165) is 5.56 Å². The molecule has 1 fully saturated rings. The fraction of sp³-hybridized carbons (Fsp3) is 0.125. The summed E-state index contributed by atoms with van der Waals surface area (Å²) in [5, 5.41) is 5.56. The Hall–Kier alpha value is -1.74. The second kappa shape index (κ2) is 8.09. The van der Waals surface area contributed by atoms with Crippen LogP contribution < -0.4 is 5.32 Å². The molecule has 0 unspecified atom stereocenters. The molecule has 0 saturated carbocycles. The molecule has 0 bridgehead atoms. The zero-order valence-electron chi connectivity index (χ0n) is 12.8. The van der Waals surface area contributed by atoms with Gasteiger partial charge in [0.15, 0.2) is 5.13 Å². The number of nitrogens with zero attached hydrogens (tertiary/aromatic N) is 2. The maximum absolute atomic E-state index is 12.5. The van der Waals surface area contributed by atoms with Crippen LogP contribution in [-0.4, -0.2) is 32.6 Å². The molecule has 1 aliphatic heterocycles. The normalized spacial score (nSPS) is 15.9. The zero-order chi connectivity index (χ0) is 17.8. The number of aromatic nitrogens is 1. The quantitative estimate of drug-likeness (QED) is 0.596. The second-order valence-corrected chi connectivity index (χ2v) is 7.97. The molecular formula is C16H12ClN3O2S3. The lowest BCUT2D eigenvalue weighted by atomic mass is 10.2. The van der Waals surface area contributed by atoms with E-state index in [2.05, 4.69) is 10.3 Å². The summed E-state index contributed by atoms with van der Waals surface area (Å²) in [6.07, 6.45) is 3.48. The van der Waals surface area contributed by atoms with Gasteiger partial charge in [0, 0.05) is 29.6 Å².